The smallest absolute Gasteiger partial charge is 0.407 e. The molecule has 4 nitrogen and oxygen atoms in total. The molecule has 0 aliphatic carbocycles. The summed E-state index contributed by atoms with van der Waals surface area (Å²) in [6.07, 6.45) is 0.0203. The van der Waals surface area contributed by atoms with E-state index in [0.717, 1.165) is 5.56 Å². The van der Waals surface area contributed by atoms with Gasteiger partial charge in [0.2, 0.25) is 0 Å². The van der Waals surface area contributed by atoms with E-state index in [0.29, 0.717) is 6.42 Å². The summed E-state index contributed by atoms with van der Waals surface area (Å²) in [7, 11) is 1.30. The molecule has 1 amide bonds. The second-order valence-corrected chi connectivity index (χ2v) is 4.00. The zero-order valence-corrected chi connectivity index (χ0v) is 9.56. The van der Waals surface area contributed by atoms with Gasteiger partial charge in [-0.3, -0.25) is 0 Å². The van der Waals surface area contributed by atoms with Crippen LogP contribution in [-0.4, -0.2) is 30.5 Å². The Labute approximate surface area is 95.2 Å². The van der Waals surface area contributed by atoms with Gasteiger partial charge < -0.3 is 15.2 Å². The summed E-state index contributed by atoms with van der Waals surface area (Å²) in [5.41, 5.74) is 0.351. The normalized spacial score (nSPS) is 13.9. The van der Waals surface area contributed by atoms with E-state index in [9.17, 15) is 9.90 Å². The number of hydrogen-bond donors (Lipinski definition) is 2. The van der Waals surface area contributed by atoms with Gasteiger partial charge >= 0.3 is 6.09 Å². The number of aliphatic hydroxyl groups is 1. The Bertz CT molecular complexity index is 339. The first-order valence-corrected chi connectivity index (χ1v) is 5.10. The molecule has 0 heterocycles. The number of amides is 1. The lowest BCUT2D eigenvalue weighted by molar-refractivity contribution is 0.132. The van der Waals surface area contributed by atoms with E-state index in [-0.39, 0.29) is 6.61 Å². The number of nitrogens with one attached hydrogen (secondary N) is 1. The van der Waals surface area contributed by atoms with Crippen LogP contribution in [0, 0.1) is 0 Å². The van der Waals surface area contributed by atoms with Crippen molar-refractivity contribution in [2.24, 2.45) is 0 Å². The second kappa shape index (κ2) is 5.51. The van der Waals surface area contributed by atoms with Crippen LogP contribution < -0.4 is 5.32 Å². The minimum atomic E-state index is -0.700. The lowest BCUT2D eigenvalue weighted by atomic mass is 9.94. The Morgan fingerprint density at radius 2 is 2.06 bits per heavy atom. The van der Waals surface area contributed by atoms with Crippen molar-refractivity contribution in [1.29, 1.82) is 0 Å². The fraction of sp³-hybridized carbons (Fsp3) is 0.417. The summed E-state index contributed by atoms with van der Waals surface area (Å²) in [5.74, 6) is 0. The minimum Gasteiger partial charge on any atom is -0.453 e. The van der Waals surface area contributed by atoms with E-state index in [1.54, 1.807) is 6.92 Å². The number of carbonyl (C=O) groups is 1. The van der Waals surface area contributed by atoms with Crippen LogP contribution >= 0.6 is 0 Å². The van der Waals surface area contributed by atoms with Gasteiger partial charge in [0, 0.05) is 0 Å². The zero-order chi connectivity index (χ0) is 12.0. The maximum absolute atomic E-state index is 11.1. The summed E-state index contributed by atoms with van der Waals surface area (Å²) in [5, 5.41) is 12.0. The van der Waals surface area contributed by atoms with Crippen LogP contribution in [0.4, 0.5) is 4.79 Å². The van der Waals surface area contributed by atoms with E-state index in [4.69, 9.17) is 0 Å². The number of benzene rings is 1. The molecule has 0 unspecified atom stereocenters. The monoisotopic (exact) mass is 223 g/mol. The lowest BCUT2D eigenvalue weighted by Crippen LogP contribution is -2.50. The maximum Gasteiger partial charge on any atom is 0.407 e. The first kappa shape index (κ1) is 12.5. The van der Waals surface area contributed by atoms with Crippen molar-refractivity contribution >= 4 is 6.09 Å². The van der Waals surface area contributed by atoms with Gasteiger partial charge in [-0.1, -0.05) is 30.3 Å². The number of ether oxygens (including phenoxy) is 1. The van der Waals surface area contributed by atoms with Crippen molar-refractivity contribution in [3.8, 4) is 0 Å². The fourth-order valence-electron chi connectivity index (χ4n) is 1.48. The number of aliphatic hydroxyl groups excluding tert-OH is 1. The highest BCUT2D eigenvalue weighted by molar-refractivity contribution is 5.68. The molecule has 1 aromatic rings. The molecule has 88 valence electrons. The quantitative estimate of drug-likeness (QED) is 0.809. The topological polar surface area (TPSA) is 58.6 Å². The maximum atomic E-state index is 11.1. The Morgan fingerprint density at radius 1 is 1.44 bits per heavy atom. The highest BCUT2D eigenvalue weighted by Crippen LogP contribution is 2.12. The summed E-state index contributed by atoms with van der Waals surface area (Å²) < 4.78 is 4.52. The van der Waals surface area contributed by atoms with Gasteiger partial charge in [0.25, 0.3) is 0 Å². The molecule has 1 rings (SSSR count). The van der Waals surface area contributed by atoms with E-state index >= 15 is 0 Å². The van der Waals surface area contributed by atoms with Gasteiger partial charge in [-0.2, -0.15) is 0 Å². The summed E-state index contributed by atoms with van der Waals surface area (Å²) in [6.45, 7) is 1.63. The number of hydrogen-bond acceptors (Lipinski definition) is 3. The van der Waals surface area contributed by atoms with Gasteiger partial charge in [0.1, 0.15) is 0 Å². The highest BCUT2D eigenvalue weighted by atomic mass is 16.5. The third kappa shape index (κ3) is 3.55. The van der Waals surface area contributed by atoms with Gasteiger partial charge in [-0.25, -0.2) is 4.79 Å². The average molecular weight is 223 g/mol. The van der Waals surface area contributed by atoms with Crippen LogP contribution in [0.15, 0.2) is 30.3 Å². The van der Waals surface area contributed by atoms with Crippen LogP contribution in [0.25, 0.3) is 0 Å². The van der Waals surface area contributed by atoms with E-state index in [2.05, 4.69) is 10.1 Å². The summed E-state index contributed by atoms with van der Waals surface area (Å²) in [6, 6.07) is 9.67. The summed E-state index contributed by atoms with van der Waals surface area (Å²) in [4.78, 5) is 11.1. The van der Waals surface area contributed by atoms with Crippen LogP contribution in [0.1, 0.15) is 12.5 Å². The van der Waals surface area contributed by atoms with E-state index in [1.807, 2.05) is 30.3 Å². The van der Waals surface area contributed by atoms with E-state index in [1.165, 1.54) is 7.11 Å². The fourth-order valence-corrected chi connectivity index (χ4v) is 1.48. The Hall–Kier alpha value is -1.55. The Kier molecular flexibility index (Phi) is 4.31. The average Bonchev–Trinajstić information content (AvgIpc) is 2.30. The van der Waals surface area contributed by atoms with Crippen molar-refractivity contribution in [2.75, 3.05) is 13.7 Å². The third-order valence-electron chi connectivity index (χ3n) is 2.38. The number of methoxy groups -OCH3 is 1. The third-order valence-corrected chi connectivity index (χ3v) is 2.38. The second-order valence-electron chi connectivity index (χ2n) is 4.00. The number of alkyl carbamates (subject to hydrolysis) is 1. The standard InChI is InChI=1S/C12H17NO3/c1-12(9-14,13-11(15)16-2)8-10-6-4-3-5-7-10/h3-7,14H,8-9H2,1-2H3,(H,13,15)/t12-/m1/s1. The first-order valence-electron chi connectivity index (χ1n) is 5.10. The van der Waals surface area contributed by atoms with Crippen LogP contribution in [0.5, 0.6) is 0 Å². The molecule has 0 aliphatic heterocycles. The van der Waals surface area contributed by atoms with Crippen molar-refractivity contribution in [3.63, 3.8) is 0 Å². The molecule has 1 atom stereocenters. The van der Waals surface area contributed by atoms with Crippen LogP contribution in [0.2, 0.25) is 0 Å². The van der Waals surface area contributed by atoms with Gasteiger partial charge in [-0.15, -0.1) is 0 Å². The molecule has 1 aromatic carbocycles. The lowest BCUT2D eigenvalue weighted by Gasteiger charge is -2.28. The molecule has 0 aliphatic rings. The Morgan fingerprint density at radius 3 is 2.56 bits per heavy atom. The van der Waals surface area contributed by atoms with Crippen molar-refractivity contribution < 1.29 is 14.6 Å². The molecule has 0 saturated heterocycles. The van der Waals surface area contributed by atoms with Gasteiger partial charge in [-0.05, 0) is 18.9 Å². The minimum absolute atomic E-state index is 0.142. The van der Waals surface area contributed by atoms with Crippen molar-refractivity contribution in [2.45, 2.75) is 18.9 Å². The first-order chi connectivity index (χ1) is 7.59. The molecule has 4 heteroatoms. The van der Waals surface area contributed by atoms with Gasteiger partial charge in [0.15, 0.2) is 0 Å². The number of carbonyl (C=O) groups excluding carboxylic acids is 1. The molecular weight excluding hydrogens is 206 g/mol. The molecule has 16 heavy (non-hydrogen) atoms. The molecule has 0 saturated carbocycles. The largest absolute Gasteiger partial charge is 0.453 e. The zero-order valence-electron chi connectivity index (χ0n) is 9.56. The van der Waals surface area contributed by atoms with Crippen LogP contribution in [0.3, 0.4) is 0 Å². The SMILES string of the molecule is COC(=O)N[C@@](C)(CO)Cc1ccccc1. The molecule has 0 fully saturated rings. The predicted molar refractivity (Wildman–Crippen MR) is 61.2 cm³/mol. The molecule has 0 aromatic heterocycles. The molecule has 0 spiro atoms. The van der Waals surface area contributed by atoms with E-state index < -0.39 is 11.6 Å². The predicted octanol–water partition coefficient (Wildman–Crippen LogP) is 1.34. The molecule has 0 radical (unpaired) electrons. The summed E-state index contributed by atoms with van der Waals surface area (Å²) >= 11 is 0. The van der Waals surface area contributed by atoms with Gasteiger partial charge in [0.05, 0.1) is 19.3 Å². The van der Waals surface area contributed by atoms with Crippen LogP contribution in [-0.2, 0) is 11.2 Å². The Balaban J connectivity index is 2.70. The molecular formula is C12H17NO3. The highest BCUT2D eigenvalue weighted by Gasteiger charge is 2.26. The van der Waals surface area contributed by atoms with Crippen molar-refractivity contribution in [3.05, 3.63) is 35.9 Å². The van der Waals surface area contributed by atoms with Crippen molar-refractivity contribution in [1.82, 2.24) is 5.32 Å². The molecule has 0 bridgehead atoms. The number of rotatable bonds is 4. The molecule has 2 N–H and O–H groups in total.